The van der Waals surface area contributed by atoms with Crippen LogP contribution < -0.4 is 10.6 Å². The summed E-state index contributed by atoms with van der Waals surface area (Å²) in [6.45, 7) is 5.74. The largest absolute Gasteiger partial charge is 0.480 e. The second kappa shape index (κ2) is 6.32. The zero-order chi connectivity index (χ0) is 12.8. The van der Waals surface area contributed by atoms with Crippen molar-refractivity contribution in [3.05, 3.63) is 0 Å². The number of hydrogen-bond acceptors (Lipinski definition) is 3. The third kappa shape index (κ3) is 7.05. The smallest absolute Gasteiger partial charge is 0.326 e. The molecule has 6 heteroatoms. The van der Waals surface area contributed by atoms with Crippen LogP contribution in [0, 0.1) is 0 Å². The zero-order valence-corrected chi connectivity index (χ0v) is 10.2. The van der Waals surface area contributed by atoms with Gasteiger partial charge in [-0.2, -0.15) is 0 Å². The van der Waals surface area contributed by atoms with Crippen LogP contribution in [0.25, 0.3) is 0 Å². The van der Waals surface area contributed by atoms with Crippen LogP contribution in [0.5, 0.6) is 0 Å². The third-order valence-electron chi connectivity index (χ3n) is 1.70. The normalized spacial score (nSPS) is 13.0. The fraction of sp³-hybridized carbons (Fsp3) is 0.800. The Morgan fingerprint density at radius 2 is 1.94 bits per heavy atom. The van der Waals surface area contributed by atoms with Crippen molar-refractivity contribution in [2.45, 2.75) is 38.8 Å². The highest BCUT2D eigenvalue weighted by Crippen LogP contribution is 1.99. The summed E-state index contributed by atoms with van der Waals surface area (Å²) in [4.78, 5) is 22.2. The summed E-state index contributed by atoms with van der Waals surface area (Å²) in [5, 5.41) is 13.9. The van der Waals surface area contributed by atoms with E-state index < -0.39 is 23.6 Å². The number of carboxylic acid groups (broad SMARTS) is 1. The molecule has 16 heavy (non-hydrogen) atoms. The zero-order valence-electron chi connectivity index (χ0n) is 10.2. The molecule has 1 unspecified atom stereocenters. The molecule has 0 aromatic heterocycles. The van der Waals surface area contributed by atoms with E-state index in [4.69, 9.17) is 9.84 Å². The van der Waals surface area contributed by atoms with Gasteiger partial charge in [0.15, 0.2) is 0 Å². The van der Waals surface area contributed by atoms with Crippen molar-refractivity contribution in [3.63, 3.8) is 0 Å². The molecule has 0 aliphatic carbocycles. The van der Waals surface area contributed by atoms with Crippen LogP contribution in [-0.2, 0) is 9.53 Å². The monoisotopic (exact) mass is 232 g/mol. The topological polar surface area (TPSA) is 87.7 Å². The first-order valence-corrected chi connectivity index (χ1v) is 5.06. The van der Waals surface area contributed by atoms with Crippen molar-refractivity contribution < 1.29 is 19.4 Å². The average molecular weight is 232 g/mol. The van der Waals surface area contributed by atoms with Gasteiger partial charge in [-0.3, -0.25) is 0 Å². The highest BCUT2D eigenvalue weighted by atomic mass is 16.5. The van der Waals surface area contributed by atoms with Crippen LogP contribution in [0.2, 0.25) is 0 Å². The average Bonchev–Trinajstić information content (AvgIpc) is 2.08. The molecule has 3 N–H and O–H groups in total. The predicted octanol–water partition coefficient (Wildman–Crippen LogP) is 0.574. The van der Waals surface area contributed by atoms with Crippen molar-refractivity contribution in [2.24, 2.45) is 0 Å². The molecule has 0 rings (SSSR count). The van der Waals surface area contributed by atoms with Crippen molar-refractivity contribution in [1.29, 1.82) is 0 Å². The van der Waals surface area contributed by atoms with Gasteiger partial charge in [0.2, 0.25) is 0 Å². The lowest BCUT2D eigenvalue weighted by molar-refractivity contribution is -0.139. The van der Waals surface area contributed by atoms with Gasteiger partial charge < -0.3 is 20.5 Å². The summed E-state index contributed by atoms with van der Waals surface area (Å²) >= 11 is 0. The quantitative estimate of drug-likeness (QED) is 0.646. The fourth-order valence-corrected chi connectivity index (χ4v) is 1.03. The number of rotatable bonds is 5. The van der Waals surface area contributed by atoms with E-state index in [9.17, 15) is 9.59 Å². The summed E-state index contributed by atoms with van der Waals surface area (Å²) in [7, 11) is 1.48. The van der Waals surface area contributed by atoms with Crippen molar-refractivity contribution in [1.82, 2.24) is 10.6 Å². The number of nitrogens with one attached hydrogen (secondary N) is 2. The number of amides is 2. The molecule has 0 saturated carbocycles. The lowest BCUT2D eigenvalue weighted by Crippen LogP contribution is -2.51. The van der Waals surface area contributed by atoms with Crippen LogP contribution in [0.15, 0.2) is 0 Å². The first-order valence-electron chi connectivity index (χ1n) is 5.06. The van der Waals surface area contributed by atoms with Gasteiger partial charge in [0, 0.05) is 25.7 Å². The minimum Gasteiger partial charge on any atom is -0.480 e. The standard InChI is InChI=1S/C10H20N2O4/c1-10(2,3)12-9(15)11-7(8(13)14)5-6-16-4/h7H,5-6H2,1-4H3,(H,13,14)(H2,11,12,15). The Morgan fingerprint density at radius 3 is 2.31 bits per heavy atom. The van der Waals surface area contributed by atoms with Gasteiger partial charge in [0.25, 0.3) is 0 Å². The molecular formula is C10H20N2O4. The van der Waals surface area contributed by atoms with E-state index in [1.165, 1.54) is 7.11 Å². The van der Waals surface area contributed by atoms with E-state index in [0.29, 0.717) is 0 Å². The number of carbonyl (C=O) groups is 2. The van der Waals surface area contributed by atoms with Crippen LogP contribution >= 0.6 is 0 Å². The minimum absolute atomic E-state index is 0.239. The molecule has 0 bridgehead atoms. The molecule has 1 atom stereocenters. The summed E-state index contributed by atoms with van der Waals surface area (Å²) in [5.74, 6) is -1.07. The van der Waals surface area contributed by atoms with Gasteiger partial charge in [-0.1, -0.05) is 0 Å². The van der Waals surface area contributed by atoms with Gasteiger partial charge >= 0.3 is 12.0 Å². The van der Waals surface area contributed by atoms with E-state index in [1.54, 1.807) is 0 Å². The molecule has 0 aliphatic rings. The second-order valence-electron chi connectivity index (χ2n) is 4.52. The molecule has 0 aliphatic heterocycles. The van der Waals surface area contributed by atoms with Gasteiger partial charge in [-0.25, -0.2) is 9.59 Å². The first kappa shape index (κ1) is 14.7. The first-order chi connectivity index (χ1) is 7.26. The van der Waals surface area contributed by atoms with Gasteiger partial charge in [-0.15, -0.1) is 0 Å². The van der Waals surface area contributed by atoms with Crippen LogP contribution in [0.1, 0.15) is 27.2 Å². The summed E-state index contributed by atoms with van der Waals surface area (Å²) < 4.78 is 4.77. The molecule has 0 spiro atoms. The number of aliphatic carboxylic acids is 1. The van der Waals surface area contributed by atoms with E-state index in [0.717, 1.165) is 0 Å². The Balaban J connectivity index is 4.19. The molecule has 94 valence electrons. The number of carbonyl (C=O) groups excluding carboxylic acids is 1. The number of urea groups is 1. The lowest BCUT2D eigenvalue weighted by atomic mass is 10.1. The number of carboxylic acids is 1. The molecule has 0 heterocycles. The summed E-state index contributed by atoms with van der Waals surface area (Å²) in [6.07, 6.45) is 0.239. The maximum atomic E-state index is 11.4. The molecular weight excluding hydrogens is 212 g/mol. The summed E-state index contributed by atoms with van der Waals surface area (Å²) in [6, 6.07) is -1.42. The number of methoxy groups -OCH3 is 1. The highest BCUT2D eigenvalue weighted by molar-refractivity contribution is 5.82. The molecule has 0 fully saturated rings. The van der Waals surface area contributed by atoms with E-state index in [-0.39, 0.29) is 13.0 Å². The number of hydrogen-bond donors (Lipinski definition) is 3. The molecule has 6 nitrogen and oxygen atoms in total. The van der Waals surface area contributed by atoms with Crippen LogP contribution in [0.4, 0.5) is 4.79 Å². The third-order valence-corrected chi connectivity index (χ3v) is 1.70. The van der Waals surface area contributed by atoms with Crippen LogP contribution in [0.3, 0.4) is 0 Å². The molecule has 0 radical (unpaired) electrons. The van der Waals surface area contributed by atoms with Crippen LogP contribution in [-0.4, -0.2) is 42.4 Å². The fourth-order valence-electron chi connectivity index (χ4n) is 1.03. The summed E-state index contributed by atoms with van der Waals surface area (Å²) in [5.41, 5.74) is -0.394. The van der Waals surface area contributed by atoms with E-state index in [2.05, 4.69) is 10.6 Å². The second-order valence-corrected chi connectivity index (χ2v) is 4.52. The van der Waals surface area contributed by atoms with E-state index >= 15 is 0 Å². The Morgan fingerprint density at radius 1 is 1.38 bits per heavy atom. The van der Waals surface area contributed by atoms with Crippen molar-refractivity contribution in [3.8, 4) is 0 Å². The van der Waals surface area contributed by atoms with Crippen molar-refractivity contribution in [2.75, 3.05) is 13.7 Å². The molecule has 0 saturated heterocycles. The maximum Gasteiger partial charge on any atom is 0.326 e. The Hall–Kier alpha value is -1.30. The van der Waals surface area contributed by atoms with Crippen molar-refractivity contribution >= 4 is 12.0 Å². The predicted molar refractivity (Wildman–Crippen MR) is 59.3 cm³/mol. The highest BCUT2D eigenvalue weighted by Gasteiger charge is 2.21. The number of ether oxygens (including phenoxy) is 1. The molecule has 0 aromatic rings. The molecule has 0 aromatic carbocycles. The van der Waals surface area contributed by atoms with Gasteiger partial charge in [0.05, 0.1) is 0 Å². The Kier molecular flexibility index (Phi) is 5.81. The van der Waals surface area contributed by atoms with Gasteiger partial charge in [-0.05, 0) is 20.8 Å². The Labute approximate surface area is 95.4 Å². The van der Waals surface area contributed by atoms with E-state index in [1.807, 2.05) is 20.8 Å². The lowest BCUT2D eigenvalue weighted by Gasteiger charge is -2.22. The minimum atomic E-state index is -1.07. The SMILES string of the molecule is COCCC(NC(=O)NC(C)(C)C)C(=O)O. The maximum absolute atomic E-state index is 11.4. The van der Waals surface area contributed by atoms with Gasteiger partial charge in [0.1, 0.15) is 6.04 Å². The molecule has 2 amide bonds. The Bertz CT molecular complexity index is 248.